The van der Waals surface area contributed by atoms with Crippen molar-refractivity contribution in [1.82, 2.24) is 4.90 Å². The first-order valence-corrected chi connectivity index (χ1v) is 18.6. The molecule has 1 N–H and O–H groups in total. The molecule has 52 heavy (non-hydrogen) atoms. The van der Waals surface area contributed by atoms with Gasteiger partial charge in [-0.15, -0.1) is 0 Å². The Hall–Kier alpha value is -5.51. The number of fused-ring (bicyclic) bond motifs is 4. The number of allylic oxidation sites excluding steroid dienone is 9. The predicted octanol–water partition coefficient (Wildman–Crippen LogP) is 12.0. The molecule has 5 aromatic carbocycles. The van der Waals surface area contributed by atoms with Crippen LogP contribution in [0, 0.1) is 0 Å². The van der Waals surface area contributed by atoms with E-state index >= 15 is 0 Å². The second-order valence-corrected chi connectivity index (χ2v) is 14.0. The molecule has 0 amide bonds. The molecule has 2 unspecified atom stereocenters. The maximum absolute atomic E-state index is 12.0. The van der Waals surface area contributed by atoms with Gasteiger partial charge in [-0.25, -0.2) is 0 Å². The van der Waals surface area contributed by atoms with Crippen LogP contribution in [0.4, 0.5) is 0 Å². The third-order valence-corrected chi connectivity index (χ3v) is 10.4. The van der Waals surface area contributed by atoms with Crippen LogP contribution in [0.15, 0.2) is 168 Å². The smallest absolute Gasteiger partial charge is 0.155 e. The van der Waals surface area contributed by atoms with Gasteiger partial charge in [-0.1, -0.05) is 160 Å². The van der Waals surface area contributed by atoms with E-state index in [4.69, 9.17) is 4.99 Å². The van der Waals surface area contributed by atoms with Gasteiger partial charge >= 0.3 is 0 Å². The van der Waals surface area contributed by atoms with E-state index in [9.17, 15) is 5.11 Å². The van der Waals surface area contributed by atoms with Crippen molar-refractivity contribution in [2.75, 3.05) is 6.54 Å². The molecule has 2 aliphatic rings. The quantitative estimate of drug-likeness (QED) is 0.149. The Morgan fingerprint density at radius 3 is 2.25 bits per heavy atom. The lowest BCUT2D eigenvalue weighted by Gasteiger charge is -2.36. The van der Waals surface area contributed by atoms with Crippen LogP contribution in [0.1, 0.15) is 74.6 Å². The van der Waals surface area contributed by atoms with Gasteiger partial charge in [0, 0.05) is 17.7 Å². The molecule has 0 aliphatic carbocycles. The topological polar surface area (TPSA) is 35.8 Å². The first-order chi connectivity index (χ1) is 25.4. The molecule has 0 bridgehead atoms. The van der Waals surface area contributed by atoms with Crippen LogP contribution < -0.4 is 0 Å². The van der Waals surface area contributed by atoms with Gasteiger partial charge in [0.05, 0.1) is 6.04 Å². The lowest BCUT2D eigenvalue weighted by molar-refractivity contribution is 0.0562. The van der Waals surface area contributed by atoms with E-state index in [0.717, 1.165) is 52.9 Å². The summed E-state index contributed by atoms with van der Waals surface area (Å²) < 4.78 is 0. The molecule has 0 radical (unpaired) electrons. The van der Waals surface area contributed by atoms with Gasteiger partial charge < -0.3 is 10.0 Å². The molecular weight excluding hydrogens is 633 g/mol. The predicted molar refractivity (Wildman–Crippen MR) is 222 cm³/mol. The minimum absolute atomic E-state index is 0.151. The second kappa shape index (κ2) is 15.4. The standard InChI is InChI=1S/C49H48N2O/c1-6-14-39(26-33(4)8-3)43(27-34(5)38-25-24-37-17-10-12-19-41(37)30-38)31-44-32-51-48(50-44)45(15-7-2)47-42(20-13-21-46(47)49(51)52)29-35-22-23-36-16-9-11-18-40(36)28-35/h6,9-28,30-31,44,49,52H,1,7-8,29,32H2,2-5H3. The maximum atomic E-state index is 12.0. The van der Waals surface area contributed by atoms with E-state index in [1.807, 2.05) is 6.08 Å². The molecule has 0 fully saturated rings. The molecule has 0 saturated heterocycles. The van der Waals surface area contributed by atoms with Crippen LogP contribution in [0.5, 0.6) is 0 Å². The fraction of sp³-hybridized carbons (Fsp3) is 0.204. The van der Waals surface area contributed by atoms with E-state index in [1.165, 1.54) is 49.4 Å². The lowest BCUT2D eigenvalue weighted by atomic mass is 9.85. The van der Waals surface area contributed by atoms with Crippen LogP contribution in [0.2, 0.25) is 0 Å². The molecule has 2 heterocycles. The van der Waals surface area contributed by atoms with Crippen molar-refractivity contribution in [1.29, 1.82) is 0 Å². The number of rotatable bonds is 10. The van der Waals surface area contributed by atoms with Gasteiger partial charge in [-0.2, -0.15) is 0 Å². The van der Waals surface area contributed by atoms with Gasteiger partial charge in [0.1, 0.15) is 5.84 Å². The van der Waals surface area contributed by atoms with E-state index < -0.39 is 6.23 Å². The van der Waals surface area contributed by atoms with Gasteiger partial charge in [0.2, 0.25) is 0 Å². The Kier molecular flexibility index (Phi) is 10.3. The first-order valence-electron chi connectivity index (χ1n) is 18.6. The van der Waals surface area contributed by atoms with E-state index in [0.29, 0.717) is 6.54 Å². The van der Waals surface area contributed by atoms with E-state index in [1.54, 1.807) is 0 Å². The summed E-state index contributed by atoms with van der Waals surface area (Å²) in [6.45, 7) is 13.4. The van der Waals surface area contributed by atoms with Crippen LogP contribution in [0.25, 0.3) is 32.7 Å². The summed E-state index contributed by atoms with van der Waals surface area (Å²) in [5.74, 6) is 0.873. The highest BCUT2D eigenvalue weighted by Crippen LogP contribution is 2.42. The maximum Gasteiger partial charge on any atom is 0.155 e. The Bertz CT molecular complexity index is 2350. The number of nitrogens with zero attached hydrogens (tertiary/aromatic N) is 2. The highest BCUT2D eigenvalue weighted by Gasteiger charge is 2.39. The number of benzene rings is 5. The minimum atomic E-state index is -0.776. The molecular formula is C49H48N2O. The summed E-state index contributed by atoms with van der Waals surface area (Å²) in [5.41, 5.74) is 11.5. The van der Waals surface area contributed by atoms with Gasteiger partial charge in [0.25, 0.3) is 0 Å². The Morgan fingerprint density at radius 1 is 0.827 bits per heavy atom. The van der Waals surface area contributed by atoms with E-state index in [-0.39, 0.29) is 6.04 Å². The summed E-state index contributed by atoms with van der Waals surface area (Å²) in [5, 5.41) is 16.9. The number of aliphatic hydroxyl groups excluding tert-OH is 1. The average Bonchev–Trinajstić information content (AvgIpc) is 3.59. The lowest BCUT2D eigenvalue weighted by Crippen LogP contribution is -2.38. The molecule has 3 nitrogen and oxygen atoms in total. The minimum Gasteiger partial charge on any atom is -0.369 e. The monoisotopic (exact) mass is 680 g/mol. The number of aliphatic imine (C=N–C) groups is 1. The fourth-order valence-electron chi connectivity index (χ4n) is 7.56. The molecule has 5 aromatic rings. The van der Waals surface area contributed by atoms with Crippen molar-refractivity contribution < 1.29 is 5.11 Å². The van der Waals surface area contributed by atoms with Gasteiger partial charge in [0.15, 0.2) is 6.23 Å². The van der Waals surface area contributed by atoms with Crippen LogP contribution in [-0.2, 0) is 6.42 Å². The highest BCUT2D eigenvalue weighted by atomic mass is 16.3. The summed E-state index contributed by atoms with van der Waals surface area (Å²) in [7, 11) is 0. The Balaban J connectivity index is 1.29. The summed E-state index contributed by atoms with van der Waals surface area (Å²) in [6, 6.07) is 36.6. The average molecular weight is 681 g/mol. The van der Waals surface area contributed by atoms with Crippen LogP contribution in [0.3, 0.4) is 0 Å². The molecule has 2 aliphatic heterocycles. The molecule has 260 valence electrons. The highest BCUT2D eigenvalue weighted by molar-refractivity contribution is 6.25. The first kappa shape index (κ1) is 34.9. The molecule has 2 atom stereocenters. The zero-order chi connectivity index (χ0) is 36.2. The van der Waals surface area contributed by atoms with Gasteiger partial charge in [-0.05, 0) is 99.7 Å². The van der Waals surface area contributed by atoms with E-state index in [2.05, 4.69) is 173 Å². The summed E-state index contributed by atoms with van der Waals surface area (Å²) in [6.07, 6.45) is 14.9. The van der Waals surface area contributed by atoms with Crippen molar-refractivity contribution in [2.45, 2.75) is 59.2 Å². The number of hydrogen-bond acceptors (Lipinski definition) is 3. The number of aliphatic hydroxyl groups is 1. The second-order valence-electron chi connectivity index (χ2n) is 14.0. The molecule has 7 rings (SSSR count). The molecule has 3 heteroatoms. The fourth-order valence-corrected chi connectivity index (χ4v) is 7.56. The van der Waals surface area contributed by atoms with Gasteiger partial charge in [-0.3, -0.25) is 4.99 Å². The largest absolute Gasteiger partial charge is 0.369 e. The van der Waals surface area contributed by atoms with Crippen LogP contribution in [-0.4, -0.2) is 28.4 Å². The summed E-state index contributed by atoms with van der Waals surface area (Å²) in [4.78, 5) is 7.48. The number of hydrogen-bond donors (Lipinski definition) is 1. The number of amidine groups is 1. The van der Waals surface area contributed by atoms with Crippen molar-refractivity contribution in [3.63, 3.8) is 0 Å². The Labute approximate surface area is 309 Å². The third-order valence-electron chi connectivity index (χ3n) is 10.4. The molecule has 0 spiro atoms. The Morgan fingerprint density at radius 2 is 1.54 bits per heavy atom. The molecule has 0 saturated carbocycles. The van der Waals surface area contributed by atoms with Crippen molar-refractivity contribution in [2.24, 2.45) is 4.99 Å². The zero-order valence-corrected chi connectivity index (χ0v) is 30.8. The zero-order valence-electron chi connectivity index (χ0n) is 30.8. The summed E-state index contributed by atoms with van der Waals surface area (Å²) >= 11 is 0. The van der Waals surface area contributed by atoms with Crippen LogP contribution >= 0.6 is 0 Å². The normalized spacial score (nSPS) is 18.9. The van der Waals surface area contributed by atoms with Crippen molar-refractivity contribution in [3.8, 4) is 0 Å². The third kappa shape index (κ3) is 7.15. The van der Waals surface area contributed by atoms with Crippen molar-refractivity contribution >= 4 is 38.5 Å². The SMILES string of the molecule is C=CC=C(C=C(C)CC)C(=CC1CN2C(=N1)C(=CCC)c1c(Cc3ccc4ccccc4c3)cccc1C2O)C=C(C)c1ccc2ccccc2c1. The molecule has 0 aromatic heterocycles. The van der Waals surface area contributed by atoms with Crippen molar-refractivity contribution in [3.05, 3.63) is 191 Å².